The molecule has 2 aromatic heterocycles. The van der Waals surface area contributed by atoms with Crippen molar-refractivity contribution in [1.29, 1.82) is 0 Å². The minimum atomic E-state index is 0.0189. The van der Waals surface area contributed by atoms with Crippen LogP contribution in [0.4, 0.5) is 5.82 Å². The molecule has 2 saturated heterocycles. The van der Waals surface area contributed by atoms with E-state index < -0.39 is 0 Å². The molecule has 42 heavy (non-hydrogen) atoms. The lowest BCUT2D eigenvalue weighted by molar-refractivity contribution is -0.149. The number of carbonyl (C=O) groups excluding carboxylic acids is 1. The van der Waals surface area contributed by atoms with Gasteiger partial charge in [-0.15, -0.1) is 0 Å². The maximum Gasteiger partial charge on any atom is 0.245 e. The van der Waals surface area contributed by atoms with Crippen LogP contribution in [0.2, 0.25) is 5.02 Å². The number of nitrogens with zero attached hydrogens (tertiary/aromatic N) is 5. The molecule has 3 aliphatic rings. The van der Waals surface area contributed by atoms with Gasteiger partial charge in [0.15, 0.2) is 5.82 Å². The minimum absolute atomic E-state index is 0.0189. The predicted octanol–water partition coefficient (Wildman–Crippen LogP) is 4.44. The predicted molar refractivity (Wildman–Crippen MR) is 165 cm³/mol. The molecule has 1 aliphatic carbocycles. The zero-order valence-electron chi connectivity index (χ0n) is 25.1. The van der Waals surface area contributed by atoms with Crippen molar-refractivity contribution >= 4 is 34.2 Å². The van der Waals surface area contributed by atoms with Crippen LogP contribution in [-0.2, 0) is 14.3 Å². The summed E-state index contributed by atoms with van der Waals surface area (Å²) >= 11 is 7.03. The van der Waals surface area contributed by atoms with E-state index in [0.29, 0.717) is 12.0 Å². The lowest BCUT2D eigenvalue weighted by Crippen LogP contribution is -2.63. The molecule has 3 aromatic rings. The number of anilines is 1. The van der Waals surface area contributed by atoms with Crippen molar-refractivity contribution in [2.75, 3.05) is 65.0 Å². The van der Waals surface area contributed by atoms with E-state index in [1.165, 1.54) is 6.08 Å². The zero-order chi connectivity index (χ0) is 29.6. The Kier molecular flexibility index (Phi) is 8.08. The molecule has 1 aromatic carbocycles. The molecule has 4 heterocycles. The fourth-order valence-electron chi connectivity index (χ4n) is 7.07. The average Bonchev–Trinajstić information content (AvgIpc) is 3.46. The molecule has 1 unspecified atom stereocenters. The Morgan fingerprint density at radius 2 is 2.12 bits per heavy atom. The Morgan fingerprint density at radius 1 is 1.36 bits per heavy atom. The Bertz CT molecular complexity index is 1460. The second-order valence-electron chi connectivity index (χ2n) is 12.6. The first-order chi connectivity index (χ1) is 20.2. The monoisotopic (exact) mass is 595 g/mol. The third-order valence-electron chi connectivity index (χ3n) is 9.31. The van der Waals surface area contributed by atoms with Crippen molar-refractivity contribution in [2.24, 2.45) is 11.3 Å². The molecule has 2 aliphatic heterocycles. The Morgan fingerprint density at radius 3 is 2.79 bits per heavy atom. The highest BCUT2D eigenvalue weighted by Crippen LogP contribution is 2.55. The minimum Gasteiger partial charge on any atom is -0.384 e. The van der Waals surface area contributed by atoms with Crippen molar-refractivity contribution < 1.29 is 14.3 Å². The van der Waals surface area contributed by atoms with Crippen LogP contribution in [0.15, 0.2) is 24.9 Å². The Labute approximate surface area is 252 Å². The summed E-state index contributed by atoms with van der Waals surface area (Å²) in [6, 6.07) is 2.76. The number of amides is 1. The first-order valence-electron chi connectivity index (χ1n) is 14.9. The fraction of sp³-hybridized carbons (Fsp3) is 0.581. The molecule has 226 valence electrons. The largest absolute Gasteiger partial charge is 0.384 e. The number of aromatic nitrogens is 4. The van der Waals surface area contributed by atoms with Crippen molar-refractivity contribution in [2.45, 2.75) is 45.7 Å². The Hall–Kier alpha value is -2.92. The number of aromatic amines is 1. The smallest absolute Gasteiger partial charge is 0.245 e. The lowest BCUT2D eigenvalue weighted by atomic mass is 9.60. The van der Waals surface area contributed by atoms with Gasteiger partial charge in [-0.2, -0.15) is 10.2 Å². The quantitative estimate of drug-likeness (QED) is 0.299. The number of ether oxygens (including phenoxy) is 2. The highest BCUT2D eigenvalue weighted by molar-refractivity contribution is 6.36. The molecule has 3 fully saturated rings. The Balaban J connectivity index is 1.27. The number of aryl methyl sites for hydroxylation is 1. The van der Waals surface area contributed by atoms with Crippen LogP contribution in [-0.4, -0.2) is 101 Å². The van der Waals surface area contributed by atoms with Gasteiger partial charge in [-0.05, 0) is 50.3 Å². The molecule has 0 radical (unpaired) electrons. The molecule has 1 spiro atoms. The molecule has 11 heteroatoms. The summed E-state index contributed by atoms with van der Waals surface area (Å²) in [5.41, 5.74) is 5.22. The van der Waals surface area contributed by atoms with Gasteiger partial charge in [-0.25, -0.2) is 0 Å². The number of rotatable bonds is 12. The molecule has 10 nitrogen and oxygen atoms in total. The number of methoxy groups -OCH3 is 1. The average molecular weight is 596 g/mol. The zero-order valence-corrected chi connectivity index (χ0v) is 25.8. The summed E-state index contributed by atoms with van der Waals surface area (Å²) in [6.07, 6.45) is 5.27. The first-order valence-corrected chi connectivity index (χ1v) is 15.3. The second kappa shape index (κ2) is 11.6. The maximum atomic E-state index is 12.0. The molecule has 0 bridgehead atoms. The number of likely N-dealkylation sites (tertiary alicyclic amines) is 1. The van der Waals surface area contributed by atoms with Gasteiger partial charge in [0.05, 0.1) is 42.0 Å². The van der Waals surface area contributed by atoms with Crippen LogP contribution in [0.1, 0.15) is 37.1 Å². The van der Waals surface area contributed by atoms with Crippen LogP contribution >= 0.6 is 11.6 Å². The van der Waals surface area contributed by atoms with E-state index in [9.17, 15) is 4.79 Å². The number of H-pyrrole nitrogens is 1. The third kappa shape index (κ3) is 5.23. The number of carbonyl (C=O) groups is 1. The van der Waals surface area contributed by atoms with Crippen molar-refractivity contribution in [3.05, 3.63) is 41.2 Å². The number of halogens is 1. The molecule has 1 amide bonds. The SMILES string of the molecule is C=CC(=O)N1CC2(CC(n3nc(NCCN(CC(C)COC)C4COC4)c(-c4c(Cl)c(C)cc5[nH]ncc45)c3C)C2)C1. The number of hydrogen-bond donors (Lipinski definition) is 2. The summed E-state index contributed by atoms with van der Waals surface area (Å²) < 4.78 is 13.1. The highest BCUT2D eigenvalue weighted by atomic mass is 35.5. The summed E-state index contributed by atoms with van der Waals surface area (Å²) in [4.78, 5) is 16.4. The van der Waals surface area contributed by atoms with Gasteiger partial charge in [-0.1, -0.05) is 25.1 Å². The van der Waals surface area contributed by atoms with Gasteiger partial charge in [0.1, 0.15) is 0 Å². The summed E-state index contributed by atoms with van der Waals surface area (Å²) in [5, 5.41) is 18.0. The van der Waals surface area contributed by atoms with E-state index >= 15 is 0 Å². The lowest BCUT2D eigenvalue weighted by Gasteiger charge is -2.58. The maximum absolute atomic E-state index is 12.0. The summed E-state index contributed by atoms with van der Waals surface area (Å²) in [7, 11) is 1.76. The van der Waals surface area contributed by atoms with Gasteiger partial charge in [0, 0.05) is 74.1 Å². The number of benzene rings is 1. The van der Waals surface area contributed by atoms with E-state index in [1.54, 1.807) is 7.11 Å². The van der Waals surface area contributed by atoms with Crippen molar-refractivity contribution in [3.63, 3.8) is 0 Å². The molecule has 6 rings (SSSR count). The molecule has 1 saturated carbocycles. The summed E-state index contributed by atoms with van der Waals surface area (Å²) in [6.45, 7) is 16.5. The third-order valence-corrected chi connectivity index (χ3v) is 9.80. The van der Waals surface area contributed by atoms with E-state index in [0.717, 1.165) is 110 Å². The van der Waals surface area contributed by atoms with E-state index in [2.05, 4.69) is 45.5 Å². The first kappa shape index (κ1) is 29.2. The second-order valence-corrected chi connectivity index (χ2v) is 13.0. The van der Waals surface area contributed by atoms with Gasteiger partial charge < -0.3 is 19.7 Å². The van der Waals surface area contributed by atoms with Crippen LogP contribution in [0.3, 0.4) is 0 Å². The standard InChI is InChI=1S/C31H42ClN7O3/c1-6-26(40)38-17-31(18-38)10-22(11-31)39-21(4)27(28-24-12-34-35-25(24)9-20(3)29(28)32)30(36-39)33-7-8-37(23-15-42-16-23)13-19(2)14-41-5/h6,9,12,19,22-23H,1,7-8,10-11,13-18H2,2-5H3,(H,33,36)(H,34,35). The van der Waals surface area contributed by atoms with E-state index in [-0.39, 0.29) is 17.4 Å². The van der Waals surface area contributed by atoms with Crippen LogP contribution < -0.4 is 5.32 Å². The van der Waals surface area contributed by atoms with Gasteiger partial charge in [0.25, 0.3) is 0 Å². The highest BCUT2D eigenvalue weighted by Gasteiger charge is 2.54. The number of hydrogen-bond acceptors (Lipinski definition) is 7. The van der Waals surface area contributed by atoms with Gasteiger partial charge in [0.2, 0.25) is 5.91 Å². The molecule has 2 N–H and O–H groups in total. The fourth-order valence-corrected chi connectivity index (χ4v) is 7.32. The normalized spacial score (nSPS) is 19.1. The van der Waals surface area contributed by atoms with Gasteiger partial charge >= 0.3 is 0 Å². The molecular weight excluding hydrogens is 554 g/mol. The van der Waals surface area contributed by atoms with Crippen molar-refractivity contribution in [3.8, 4) is 11.1 Å². The van der Waals surface area contributed by atoms with E-state index in [4.69, 9.17) is 26.2 Å². The number of fused-ring (bicyclic) bond motifs is 1. The topological polar surface area (TPSA) is 101 Å². The van der Waals surface area contributed by atoms with Gasteiger partial charge in [-0.3, -0.25) is 19.5 Å². The van der Waals surface area contributed by atoms with Crippen LogP contribution in [0.25, 0.3) is 22.0 Å². The number of nitrogens with one attached hydrogen (secondary N) is 2. The van der Waals surface area contributed by atoms with Crippen LogP contribution in [0, 0.1) is 25.2 Å². The van der Waals surface area contributed by atoms with E-state index in [1.807, 2.05) is 24.1 Å². The molecule has 1 atom stereocenters. The molecular formula is C31H42ClN7O3. The summed E-state index contributed by atoms with van der Waals surface area (Å²) in [5.74, 6) is 1.30. The van der Waals surface area contributed by atoms with Crippen LogP contribution in [0.5, 0.6) is 0 Å². The van der Waals surface area contributed by atoms with Crippen molar-refractivity contribution in [1.82, 2.24) is 29.8 Å².